The van der Waals surface area contributed by atoms with E-state index in [1.54, 1.807) is 0 Å². The third-order valence-corrected chi connectivity index (χ3v) is 5.68. The van der Waals surface area contributed by atoms with Crippen LogP contribution in [-0.2, 0) is 11.2 Å². The number of hydrogen-bond acceptors (Lipinski definition) is 2. The first-order valence-corrected chi connectivity index (χ1v) is 10.8. The van der Waals surface area contributed by atoms with Gasteiger partial charge in [-0.25, -0.2) is 0 Å². The zero-order chi connectivity index (χ0) is 18.8. The van der Waals surface area contributed by atoms with Crippen molar-refractivity contribution in [1.82, 2.24) is 0 Å². The van der Waals surface area contributed by atoms with Crippen molar-refractivity contribution >= 4 is 27.5 Å². The smallest absolute Gasteiger partial charge is 0.228 e. The van der Waals surface area contributed by atoms with E-state index in [9.17, 15) is 4.79 Å². The Labute approximate surface area is 169 Å². The van der Waals surface area contributed by atoms with Gasteiger partial charge in [-0.15, -0.1) is 0 Å². The van der Waals surface area contributed by atoms with Gasteiger partial charge in [0.15, 0.2) is 0 Å². The van der Waals surface area contributed by atoms with E-state index in [2.05, 4.69) is 58.5 Å². The molecular formula is C23H26BrNO2. The fourth-order valence-electron chi connectivity index (χ4n) is 3.47. The molecule has 0 radical (unpaired) electrons. The SMILES string of the molecule is CCCOc1c(NC(=O)Cc2ccc(C3CC3)cc2)cc(Br)cc1C1CC1. The molecule has 0 atom stereocenters. The molecule has 2 fully saturated rings. The van der Waals surface area contributed by atoms with Crippen LogP contribution in [0.4, 0.5) is 5.69 Å². The molecule has 0 aliphatic heterocycles. The van der Waals surface area contributed by atoms with Gasteiger partial charge in [0.25, 0.3) is 0 Å². The number of ether oxygens (including phenoxy) is 1. The predicted octanol–water partition coefficient (Wildman–Crippen LogP) is 6.17. The summed E-state index contributed by atoms with van der Waals surface area (Å²) in [7, 11) is 0. The maximum absolute atomic E-state index is 12.7. The molecule has 0 unspecified atom stereocenters. The Balaban J connectivity index is 1.49. The molecule has 2 aromatic rings. The van der Waals surface area contributed by atoms with Crippen molar-refractivity contribution in [2.45, 2.75) is 57.3 Å². The summed E-state index contributed by atoms with van der Waals surface area (Å²) in [6, 6.07) is 12.6. The van der Waals surface area contributed by atoms with Crippen molar-refractivity contribution in [1.29, 1.82) is 0 Å². The van der Waals surface area contributed by atoms with E-state index in [0.717, 1.165) is 33.8 Å². The first-order chi connectivity index (χ1) is 13.1. The number of rotatable bonds is 8. The lowest BCUT2D eigenvalue weighted by Gasteiger charge is -2.17. The molecule has 2 saturated carbocycles. The van der Waals surface area contributed by atoms with Crippen LogP contribution >= 0.6 is 15.9 Å². The first-order valence-electron chi connectivity index (χ1n) is 9.99. The number of anilines is 1. The second kappa shape index (κ2) is 8.05. The zero-order valence-electron chi connectivity index (χ0n) is 15.8. The number of halogens is 1. The van der Waals surface area contributed by atoms with Crippen LogP contribution in [0.15, 0.2) is 40.9 Å². The number of hydrogen-bond donors (Lipinski definition) is 1. The summed E-state index contributed by atoms with van der Waals surface area (Å²) in [5.41, 5.74) is 4.43. The average molecular weight is 428 g/mol. The Hall–Kier alpha value is -1.81. The van der Waals surface area contributed by atoms with Crippen LogP contribution in [0.2, 0.25) is 0 Å². The van der Waals surface area contributed by atoms with E-state index in [-0.39, 0.29) is 5.91 Å². The Morgan fingerprint density at radius 3 is 2.44 bits per heavy atom. The fraction of sp³-hybridized carbons (Fsp3) is 0.435. The molecule has 2 aromatic carbocycles. The molecule has 3 nitrogen and oxygen atoms in total. The average Bonchev–Trinajstić information content (AvgIpc) is 3.54. The monoisotopic (exact) mass is 427 g/mol. The Kier molecular flexibility index (Phi) is 5.53. The molecule has 1 amide bonds. The normalized spacial score (nSPS) is 16.2. The van der Waals surface area contributed by atoms with Crippen LogP contribution in [0.25, 0.3) is 0 Å². The van der Waals surface area contributed by atoms with Crippen LogP contribution in [-0.4, -0.2) is 12.5 Å². The Morgan fingerprint density at radius 1 is 1.11 bits per heavy atom. The van der Waals surface area contributed by atoms with Gasteiger partial charge in [0.05, 0.1) is 18.7 Å². The zero-order valence-corrected chi connectivity index (χ0v) is 17.3. The minimum Gasteiger partial charge on any atom is -0.491 e. The molecule has 0 heterocycles. The molecule has 142 valence electrons. The lowest BCUT2D eigenvalue weighted by atomic mass is 10.1. The Bertz CT molecular complexity index is 823. The van der Waals surface area contributed by atoms with E-state index < -0.39 is 0 Å². The number of carbonyl (C=O) groups is 1. The number of benzene rings is 2. The van der Waals surface area contributed by atoms with Gasteiger partial charge >= 0.3 is 0 Å². The third-order valence-electron chi connectivity index (χ3n) is 5.22. The highest BCUT2D eigenvalue weighted by Crippen LogP contribution is 2.48. The summed E-state index contributed by atoms with van der Waals surface area (Å²) in [4.78, 5) is 12.7. The molecule has 0 saturated heterocycles. The van der Waals surface area contributed by atoms with Crippen LogP contribution in [0.1, 0.15) is 67.6 Å². The lowest BCUT2D eigenvalue weighted by Crippen LogP contribution is -2.16. The van der Waals surface area contributed by atoms with Gasteiger partial charge in [0.1, 0.15) is 5.75 Å². The summed E-state index contributed by atoms with van der Waals surface area (Å²) in [6.45, 7) is 2.76. The van der Waals surface area contributed by atoms with E-state index in [4.69, 9.17) is 4.74 Å². The third kappa shape index (κ3) is 4.73. The van der Waals surface area contributed by atoms with E-state index in [1.165, 1.54) is 36.8 Å². The van der Waals surface area contributed by atoms with Crippen molar-refractivity contribution in [2.24, 2.45) is 0 Å². The first kappa shape index (κ1) is 18.5. The largest absolute Gasteiger partial charge is 0.491 e. The highest BCUT2D eigenvalue weighted by atomic mass is 79.9. The molecule has 2 aliphatic rings. The van der Waals surface area contributed by atoms with Gasteiger partial charge in [-0.1, -0.05) is 47.1 Å². The lowest BCUT2D eigenvalue weighted by molar-refractivity contribution is -0.115. The molecule has 0 spiro atoms. The van der Waals surface area contributed by atoms with Crippen molar-refractivity contribution in [3.05, 3.63) is 57.6 Å². The van der Waals surface area contributed by atoms with Crippen LogP contribution in [0.3, 0.4) is 0 Å². The summed E-state index contributed by atoms with van der Waals surface area (Å²) in [6.07, 6.45) is 6.31. The van der Waals surface area contributed by atoms with Gasteiger partial charge < -0.3 is 10.1 Å². The fourth-order valence-corrected chi connectivity index (χ4v) is 3.95. The second-order valence-corrected chi connectivity index (χ2v) is 8.65. The quantitative estimate of drug-likeness (QED) is 0.546. The minimum absolute atomic E-state index is 0.00429. The summed E-state index contributed by atoms with van der Waals surface area (Å²) in [5, 5.41) is 3.09. The summed E-state index contributed by atoms with van der Waals surface area (Å²) in [5.74, 6) is 2.14. The molecular weight excluding hydrogens is 402 g/mol. The van der Waals surface area contributed by atoms with Crippen LogP contribution in [0.5, 0.6) is 5.75 Å². The molecule has 1 N–H and O–H groups in total. The predicted molar refractivity (Wildman–Crippen MR) is 113 cm³/mol. The van der Waals surface area contributed by atoms with E-state index >= 15 is 0 Å². The van der Waals surface area contributed by atoms with Gasteiger partial charge in [-0.2, -0.15) is 0 Å². The van der Waals surface area contributed by atoms with E-state index in [1.807, 2.05) is 6.07 Å². The molecule has 4 rings (SSSR count). The summed E-state index contributed by atoms with van der Waals surface area (Å²) < 4.78 is 7.02. The number of nitrogens with one attached hydrogen (secondary N) is 1. The molecule has 0 bridgehead atoms. The highest BCUT2D eigenvalue weighted by molar-refractivity contribution is 9.10. The van der Waals surface area contributed by atoms with Crippen molar-refractivity contribution in [3.63, 3.8) is 0 Å². The highest BCUT2D eigenvalue weighted by Gasteiger charge is 2.29. The Morgan fingerprint density at radius 2 is 1.81 bits per heavy atom. The van der Waals surface area contributed by atoms with Gasteiger partial charge in [0, 0.05) is 10.0 Å². The molecule has 2 aliphatic carbocycles. The molecule has 0 aromatic heterocycles. The van der Waals surface area contributed by atoms with Crippen molar-refractivity contribution in [3.8, 4) is 5.75 Å². The maximum Gasteiger partial charge on any atom is 0.228 e. The molecule has 27 heavy (non-hydrogen) atoms. The maximum atomic E-state index is 12.7. The van der Waals surface area contributed by atoms with Gasteiger partial charge in [-0.3, -0.25) is 4.79 Å². The van der Waals surface area contributed by atoms with Gasteiger partial charge in [-0.05, 0) is 67.2 Å². The molecule has 4 heteroatoms. The topological polar surface area (TPSA) is 38.3 Å². The van der Waals surface area contributed by atoms with Crippen LogP contribution < -0.4 is 10.1 Å². The second-order valence-electron chi connectivity index (χ2n) is 7.74. The van der Waals surface area contributed by atoms with E-state index in [0.29, 0.717) is 18.9 Å². The van der Waals surface area contributed by atoms with Crippen LogP contribution in [0, 0.1) is 0 Å². The number of carbonyl (C=O) groups excluding carboxylic acids is 1. The minimum atomic E-state index is -0.00429. The standard InChI is InChI=1S/C23H26BrNO2/c1-2-11-27-23-20(18-9-10-18)13-19(24)14-21(23)25-22(26)12-15-3-5-16(6-4-15)17-7-8-17/h3-6,13-14,17-18H,2,7-12H2,1H3,(H,25,26). The van der Waals surface area contributed by atoms with Gasteiger partial charge in [0.2, 0.25) is 5.91 Å². The van der Waals surface area contributed by atoms with Crippen molar-refractivity contribution in [2.75, 3.05) is 11.9 Å². The van der Waals surface area contributed by atoms with Crippen molar-refractivity contribution < 1.29 is 9.53 Å². The number of amides is 1. The summed E-state index contributed by atoms with van der Waals surface area (Å²) >= 11 is 3.59.